The van der Waals surface area contributed by atoms with Gasteiger partial charge < -0.3 is 19.0 Å². The molecule has 0 unspecified atom stereocenters. The Morgan fingerprint density at radius 2 is 1.89 bits per heavy atom. The van der Waals surface area contributed by atoms with E-state index >= 15 is 0 Å². The van der Waals surface area contributed by atoms with Gasteiger partial charge in [-0.2, -0.15) is 0 Å². The molecule has 18 heavy (non-hydrogen) atoms. The third kappa shape index (κ3) is 6.07. The topological polar surface area (TPSA) is 76.0 Å². The highest BCUT2D eigenvalue weighted by Gasteiger charge is 2.11. The highest BCUT2D eigenvalue weighted by molar-refractivity contribution is 7.39. The van der Waals surface area contributed by atoms with Crippen LogP contribution in [0.5, 0.6) is 0 Å². The predicted octanol–water partition coefficient (Wildman–Crippen LogP) is 2.27. The molecule has 6 heteroatoms. The lowest BCUT2D eigenvalue weighted by molar-refractivity contribution is 0.0599. The number of carbonyl (C=O) groups is 1. The Morgan fingerprint density at radius 3 is 2.44 bits per heavy atom. The van der Waals surface area contributed by atoms with E-state index in [0.29, 0.717) is 12.0 Å². The van der Waals surface area contributed by atoms with Gasteiger partial charge in [0.05, 0.1) is 19.3 Å². The molecule has 0 heterocycles. The minimum absolute atomic E-state index is 0.146. The summed E-state index contributed by atoms with van der Waals surface area (Å²) in [7, 11) is -1.03. The maximum atomic E-state index is 11.4. The first-order valence-electron chi connectivity index (χ1n) is 5.62. The summed E-state index contributed by atoms with van der Waals surface area (Å²) in [4.78, 5) is 28.5. The van der Waals surface area contributed by atoms with Gasteiger partial charge in [-0.05, 0) is 18.1 Å². The Balaban J connectivity index is 0.00000137. The molecule has 0 bridgehead atoms. The zero-order valence-corrected chi connectivity index (χ0v) is 11.7. The number of benzene rings is 1. The van der Waals surface area contributed by atoms with E-state index in [4.69, 9.17) is 9.79 Å². The number of rotatable bonds is 5. The van der Waals surface area contributed by atoms with Gasteiger partial charge in [0.1, 0.15) is 0 Å². The lowest BCUT2D eigenvalue weighted by atomic mass is 10.1. The van der Waals surface area contributed by atoms with E-state index in [2.05, 4.69) is 9.26 Å². The van der Waals surface area contributed by atoms with Gasteiger partial charge in [-0.1, -0.05) is 32.0 Å². The van der Waals surface area contributed by atoms with Crippen molar-refractivity contribution in [1.82, 2.24) is 0 Å². The second kappa shape index (κ2) is 9.97. The number of carbonyl (C=O) groups excluding carboxylic acids is 1. The standard InChI is InChI=1S/C10H13O5P.C2H6/c1-14-10(11)9-5-3-2-4-8(9)6-7-15-16(12)13;1-2/h2-5,12-13H,6-7H2,1H3;1-2H3. The largest absolute Gasteiger partial charge is 0.465 e. The molecular formula is C12H19O5P. The second-order valence-corrected chi connectivity index (χ2v) is 3.75. The summed E-state index contributed by atoms with van der Waals surface area (Å²) in [5, 5.41) is 0. The van der Waals surface area contributed by atoms with Crippen LogP contribution in [0.4, 0.5) is 0 Å². The molecule has 0 fully saturated rings. The summed E-state index contributed by atoms with van der Waals surface area (Å²) in [6.07, 6.45) is 0.422. The molecule has 2 N–H and O–H groups in total. The first-order valence-corrected chi connectivity index (χ1v) is 6.78. The van der Waals surface area contributed by atoms with Gasteiger partial charge in [-0.3, -0.25) is 0 Å². The molecule has 0 aliphatic heterocycles. The van der Waals surface area contributed by atoms with Gasteiger partial charge in [-0.25, -0.2) is 4.79 Å². The normalized spacial score (nSPS) is 9.67. The van der Waals surface area contributed by atoms with Gasteiger partial charge in [-0.15, -0.1) is 0 Å². The monoisotopic (exact) mass is 274 g/mol. The van der Waals surface area contributed by atoms with E-state index in [1.54, 1.807) is 24.3 Å². The first kappa shape index (κ1) is 17.0. The molecule has 0 radical (unpaired) electrons. The molecule has 0 saturated heterocycles. The SMILES string of the molecule is CC.COC(=O)c1ccccc1CCOP(O)O. The van der Waals surface area contributed by atoms with Crippen molar-refractivity contribution >= 4 is 14.6 Å². The molecule has 0 aliphatic carbocycles. The second-order valence-electron chi connectivity index (χ2n) is 2.98. The summed E-state index contributed by atoms with van der Waals surface area (Å²) >= 11 is 0. The van der Waals surface area contributed by atoms with E-state index in [0.717, 1.165) is 5.56 Å². The molecule has 0 amide bonds. The van der Waals surface area contributed by atoms with Crippen molar-refractivity contribution in [2.45, 2.75) is 20.3 Å². The number of hydrogen-bond acceptors (Lipinski definition) is 5. The summed E-state index contributed by atoms with van der Waals surface area (Å²) in [6, 6.07) is 6.96. The number of hydrogen-bond donors (Lipinski definition) is 2. The maximum Gasteiger partial charge on any atom is 0.338 e. The molecule has 0 aromatic heterocycles. The molecule has 1 aromatic carbocycles. The van der Waals surface area contributed by atoms with Crippen LogP contribution in [0.25, 0.3) is 0 Å². The van der Waals surface area contributed by atoms with Crippen molar-refractivity contribution in [3.05, 3.63) is 35.4 Å². The summed E-state index contributed by atoms with van der Waals surface area (Å²) < 4.78 is 9.27. The minimum Gasteiger partial charge on any atom is -0.465 e. The third-order valence-corrected chi connectivity index (χ3v) is 2.41. The van der Waals surface area contributed by atoms with Crippen molar-refractivity contribution in [3.63, 3.8) is 0 Å². The molecule has 0 atom stereocenters. The van der Waals surface area contributed by atoms with E-state index in [1.807, 2.05) is 13.8 Å². The Kier molecular flexibility index (Phi) is 9.42. The minimum atomic E-state index is -2.34. The van der Waals surface area contributed by atoms with Crippen LogP contribution in [-0.4, -0.2) is 29.5 Å². The van der Waals surface area contributed by atoms with Crippen LogP contribution < -0.4 is 0 Å². The van der Waals surface area contributed by atoms with Gasteiger partial charge in [0.15, 0.2) is 0 Å². The predicted molar refractivity (Wildman–Crippen MR) is 70.1 cm³/mol. The van der Waals surface area contributed by atoms with Crippen molar-refractivity contribution < 1.29 is 23.8 Å². The average Bonchev–Trinajstić information content (AvgIpc) is 2.40. The van der Waals surface area contributed by atoms with E-state index < -0.39 is 14.6 Å². The maximum absolute atomic E-state index is 11.4. The molecule has 102 valence electrons. The van der Waals surface area contributed by atoms with Gasteiger partial charge in [0.2, 0.25) is 0 Å². The summed E-state index contributed by atoms with van der Waals surface area (Å²) in [5.41, 5.74) is 1.22. The average molecular weight is 274 g/mol. The Morgan fingerprint density at radius 1 is 1.28 bits per heavy atom. The van der Waals surface area contributed by atoms with Crippen LogP contribution in [0.15, 0.2) is 24.3 Å². The fourth-order valence-corrected chi connectivity index (χ4v) is 1.54. The van der Waals surface area contributed by atoms with Gasteiger partial charge in [0.25, 0.3) is 0 Å². The molecule has 5 nitrogen and oxygen atoms in total. The fraction of sp³-hybridized carbons (Fsp3) is 0.417. The van der Waals surface area contributed by atoms with Crippen LogP contribution in [0, 0.1) is 0 Å². The van der Waals surface area contributed by atoms with Crippen molar-refractivity contribution in [1.29, 1.82) is 0 Å². The Labute approximate surface area is 108 Å². The summed E-state index contributed by atoms with van der Waals surface area (Å²) in [5.74, 6) is -0.411. The van der Waals surface area contributed by atoms with Crippen molar-refractivity contribution in [3.8, 4) is 0 Å². The molecule has 1 rings (SSSR count). The van der Waals surface area contributed by atoms with E-state index in [1.165, 1.54) is 7.11 Å². The third-order valence-electron chi connectivity index (χ3n) is 2.00. The van der Waals surface area contributed by atoms with Crippen molar-refractivity contribution in [2.75, 3.05) is 13.7 Å². The van der Waals surface area contributed by atoms with Crippen LogP contribution in [0.3, 0.4) is 0 Å². The molecule has 1 aromatic rings. The summed E-state index contributed by atoms with van der Waals surface area (Å²) in [6.45, 7) is 4.15. The Hall–Kier alpha value is -1.00. The highest BCUT2D eigenvalue weighted by Crippen LogP contribution is 2.24. The van der Waals surface area contributed by atoms with E-state index in [9.17, 15) is 4.79 Å². The van der Waals surface area contributed by atoms with Crippen LogP contribution in [0.2, 0.25) is 0 Å². The molecule has 0 saturated carbocycles. The van der Waals surface area contributed by atoms with Crippen LogP contribution >= 0.6 is 8.60 Å². The number of esters is 1. The van der Waals surface area contributed by atoms with Crippen molar-refractivity contribution in [2.24, 2.45) is 0 Å². The molecular weight excluding hydrogens is 255 g/mol. The quantitative estimate of drug-likeness (QED) is 0.636. The van der Waals surface area contributed by atoms with Gasteiger partial charge >= 0.3 is 14.6 Å². The van der Waals surface area contributed by atoms with Crippen LogP contribution in [-0.2, 0) is 15.7 Å². The first-order chi connectivity index (χ1) is 8.65. The van der Waals surface area contributed by atoms with Crippen LogP contribution in [0.1, 0.15) is 29.8 Å². The zero-order chi connectivity index (χ0) is 14.0. The Bertz CT molecular complexity index is 354. The molecule has 0 spiro atoms. The smallest absolute Gasteiger partial charge is 0.338 e. The highest BCUT2D eigenvalue weighted by atomic mass is 31.2. The number of methoxy groups -OCH3 is 1. The zero-order valence-electron chi connectivity index (χ0n) is 10.8. The fourth-order valence-electron chi connectivity index (χ4n) is 1.28. The van der Waals surface area contributed by atoms with Gasteiger partial charge in [0, 0.05) is 0 Å². The van der Waals surface area contributed by atoms with E-state index in [-0.39, 0.29) is 6.61 Å². The lowest BCUT2D eigenvalue weighted by Gasteiger charge is -2.08. The molecule has 0 aliphatic rings. The number of ether oxygens (including phenoxy) is 1. The lowest BCUT2D eigenvalue weighted by Crippen LogP contribution is -2.07.